The Kier molecular flexibility index (Phi) is 6.04. The van der Waals surface area contributed by atoms with Crippen molar-refractivity contribution in [2.45, 2.75) is 112 Å². The maximum absolute atomic E-state index is 10.2. The second-order valence-corrected chi connectivity index (χ2v) is 12.7. The molecule has 0 aliphatic heterocycles. The maximum atomic E-state index is 10.2. The van der Waals surface area contributed by atoms with Crippen LogP contribution in [0.2, 0.25) is 0 Å². The first-order valence-corrected chi connectivity index (χ1v) is 13.0. The lowest BCUT2D eigenvalue weighted by Gasteiger charge is -2.58. The van der Waals surface area contributed by atoms with Gasteiger partial charge >= 0.3 is 0 Å². The molecule has 0 aromatic carbocycles. The number of allylic oxidation sites excluding steroid dienone is 1. The zero-order valence-corrected chi connectivity index (χ0v) is 20.2. The highest BCUT2D eigenvalue weighted by atomic mass is 16.3. The van der Waals surface area contributed by atoms with Crippen molar-refractivity contribution in [3.8, 4) is 0 Å². The second kappa shape index (κ2) is 7.99. The van der Waals surface area contributed by atoms with Gasteiger partial charge in [0, 0.05) is 0 Å². The molecule has 0 spiro atoms. The molecule has 0 aromatic heterocycles. The van der Waals surface area contributed by atoms with Crippen molar-refractivity contribution in [3.05, 3.63) is 11.6 Å². The Bertz CT molecular complexity index is 620. The molecule has 0 radical (unpaired) electrons. The monoisotopic (exact) mass is 400 g/mol. The van der Waals surface area contributed by atoms with E-state index in [4.69, 9.17) is 0 Å². The number of aliphatic hydroxyl groups is 1. The van der Waals surface area contributed by atoms with Crippen LogP contribution in [0.15, 0.2) is 11.6 Å². The van der Waals surface area contributed by atoms with E-state index >= 15 is 0 Å². The third-order valence-corrected chi connectivity index (χ3v) is 11.1. The number of rotatable bonds is 5. The molecule has 0 amide bonds. The minimum Gasteiger partial charge on any atom is -0.393 e. The molecule has 1 N–H and O–H groups in total. The van der Waals surface area contributed by atoms with E-state index in [-0.39, 0.29) is 6.10 Å². The summed E-state index contributed by atoms with van der Waals surface area (Å²) in [5.74, 6) is 6.24. The van der Waals surface area contributed by atoms with E-state index in [1.165, 1.54) is 51.4 Å². The predicted octanol–water partition coefficient (Wildman–Crippen LogP) is 7.63. The van der Waals surface area contributed by atoms with Crippen LogP contribution in [-0.4, -0.2) is 11.2 Å². The van der Waals surface area contributed by atoms with Crippen LogP contribution in [0.1, 0.15) is 106 Å². The zero-order chi connectivity index (χ0) is 21.0. The van der Waals surface area contributed by atoms with Crippen molar-refractivity contribution in [2.75, 3.05) is 0 Å². The van der Waals surface area contributed by atoms with Crippen molar-refractivity contribution in [1.29, 1.82) is 0 Å². The van der Waals surface area contributed by atoms with E-state index in [1.807, 2.05) is 0 Å². The number of hydrogen-bond donors (Lipinski definition) is 1. The summed E-state index contributed by atoms with van der Waals surface area (Å²) in [6.07, 6.45) is 15.7. The number of hydrogen-bond acceptors (Lipinski definition) is 1. The molecular formula is C28H48O. The van der Waals surface area contributed by atoms with Gasteiger partial charge in [-0.15, -0.1) is 0 Å². The molecule has 3 saturated carbocycles. The molecular weight excluding hydrogens is 352 g/mol. The lowest BCUT2D eigenvalue weighted by Crippen LogP contribution is -2.50. The van der Waals surface area contributed by atoms with Crippen LogP contribution in [0.5, 0.6) is 0 Å². The molecule has 0 saturated heterocycles. The average molecular weight is 401 g/mol. The summed E-state index contributed by atoms with van der Waals surface area (Å²) >= 11 is 0. The van der Waals surface area contributed by atoms with Gasteiger partial charge in [-0.3, -0.25) is 0 Å². The zero-order valence-electron chi connectivity index (χ0n) is 20.2. The fraction of sp³-hybridized carbons (Fsp3) is 0.929. The third-order valence-electron chi connectivity index (χ3n) is 11.1. The largest absolute Gasteiger partial charge is 0.393 e. The SMILES string of the molecule is CC(C)C(C)CC[C@@H](C)[C@H]1CC[C@H]2[C@@H]3CC=C4CC(O)CC[C@]4(C)[C@H]3CC[C@]12C. The van der Waals surface area contributed by atoms with Crippen LogP contribution in [0.3, 0.4) is 0 Å². The second-order valence-electron chi connectivity index (χ2n) is 12.7. The molecule has 1 heteroatoms. The van der Waals surface area contributed by atoms with E-state index in [0.717, 1.165) is 54.3 Å². The van der Waals surface area contributed by atoms with E-state index in [0.29, 0.717) is 10.8 Å². The molecule has 29 heavy (non-hydrogen) atoms. The van der Waals surface area contributed by atoms with Gasteiger partial charge in [-0.05, 0) is 104 Å². The van der Waals surface area contributed by atoms with E-state index in [2.05, 4.69) is 47.6 Å². The summed E-state index contributed by atoms with van der Waals surface area (Å²) in [5, 5.41) is 10.2. The van der Waals surface area contributed by atoms with E-state index < -0.39 is 0 Å². The molecule has 0 aromatic rings. The van der Waals surface area contributed by atoms with E-state index in [1.54, 1.807) is 5.57 Å². The summed E-state index contributed by atoms with van der Waals surface area (Å²) in [6.45, 7) is 15.1. The molecule has 9 atom stereocenters. The lowest BCUT2D eigenvalue weighted by atomic mass is 9.47. The van der Waals surface area contributed by atoms with Crippen LogP contribution >= 0.6 is 0 Å². The van der Waals surface area contributed by atoms with Crippen LogP contribution in [0.25, 0.3) is 0 Å². The van der Waals surface area contributed by atoms with Gasteiger partial charge in [0.2, 0.25) is 0 Å². The Labute approximate surface area is 181 Å². The minimum atomic E-state index is -0.0790. The lowest BCUT2D eigenvalue weighted by molar-refractivity contribution is -0.0574. The van der Waals surface area contributed by atoms with Gasteiger partial charge in [-0.25, -0.2) is 0 Å². The van der Waals surface area contributed by atoms with Gasteiger partial charge in [0.15, 0.2) is 0 Å². The smallest absolute Gasteiger partial charge is 0.0577 e. The average Bonchev–Trinajstić information content (AvgIpc) is 3.03. The Balaban J connectivity index is 1.49. The highest BCUT2D eigenvalue weighted by Crippen LogP contribution is 2.67. The Morgan fingerprint density at radius 3 is 2.45 bits per heavy atom. The van der Waals surface area contributed by atoms with Crippen molar-refractivity contribution in [1.82, 2.24) is 0 Å². The molecule has 4 rings (SSSR count). The van der Waals surface area contributed by atoms with E-state index in [9.17, 15) is 5.11 Å². The van der Waals surface area contributed by atoms with Crippen molar-refractivity contribution < 1.29 is 5.11 Å². The van der Waals surface area contributed by atoms with Gasteiger partial charge in [0.1, 0.15) is 0 Å². The molecule has 2 unspecified atom stereocenters. The van der Waals surface area contributed by atoms with Gasteiger partial charge in [0.05, 0.1) is 6.10 Å². The Hall–Kier alpha value is -0.300. The van der Waals surface area contributed by atoms with Gasteiger partial charge in [0.25, 0.3) is 0 Å². The highest BCUT2D eigenvalue weighted by molar-refractivity contribution is 5.25. The predicted molar refractivity (Wildman–Crippen MR) is 124 cm³/mol. The summed E-state index contributed by atoms with van der Waals surface area (Å²) in [5.41, 5.74) is 2.59. The maximum Gasteiger partial charge on any atom is 0.0577 e. The fourth-order valence-electron chi connectivity index (χ4n) is 8.68. The first kappa shape index (κ1) is 21.9. The summed E-state index contributed by atoms with van der Waals surface area (Å²) < 4.78 is 0. The number of aliphatic hydroxyl groups excluding tert-OH is 1. The Morgan fingerprint density at radius 2 is 1.72 bits per heavy atom. The molecule has 4 aliphatic rings. The molecule has 3 fully saturated rings. The topological polar surface area (TPSA) is 20.2 Å². The molecule has 1 nitrogen and oxygen atoms in total. The number of fused-ring (bicyclic) bond motifs is 5. The Morgan fingerprint density at radius 1 is 0.966 bits per heavy atom. The highest BCUT2D eigenvalue weighted by Gasteiger charge is 2.59. The standard InChI is InChI=1S/C28H48O/c1-18(2)19(3)7-8-20(4)24-11-12-25-23-10-9-21-17-22(29)13-15-27(21,5)26(23)14-16-28(24,25)6/h9,18-20,22-26,29H,7-8,10-17H2,1-6H3/t19?,20-,22?,23+,24-,25+,26+,27+,28-/m1/s1. The molecule has 0 heterocycles. The van der Waals surface area contributed by atoms with Gasteiger partial charge < -0.3 is 5.11 Å². The van der Waals surface area contributed by atoms with Crippen LogP contribution in [0, 0.1) is 52.3 Å². The molecule has 166 valence electrons. The van der Waals surface area contributed by atoms with Crippen molar-refractivity contribution in [3.63, 3.8) is 0 Å². The fourth-order valence-corrected chi connectivity index (χ4v) is 8.68. The molecule has 0 bridgehead atoms. The quantitative estimate of drug-likeness (QED) is 0.470. The normalized spacial score (nSPS) is 46.5. The molecule has 4 aliphatic carbocycles. The van der Waals surface area contributed by atoms with Crippen LogP contribution in [-0.2, 0) is 0 Å². The third kappa shape index (κ3) is 3.66. The van der Waals surface area contributed by atoms with Crippen LogP contribution < -0.4 is 0 Å². The summed E-state index contributed by atoms with van der Waals surface area (Å²) in [4.78, 5) is 0. The first-order chi connectivity index (χ1) is 13.7. The van der Waals surface area contributed by atoms with Crippen LogP contribution in [0.4, 0.5) is 0 Å². The minimum absolute atomic E-state index is 0.0790. The van der Waals surface area contributed by atoms with Crippen molar-refractivity contribution >= 4 is 0 Å². The van der Waals surface area contributed by atoms with Crippen molar-refractivity contribution in [2.24, 2.45) is 52.3 Å². The van der Waals surface area contributed by atoms with Gasteiger partial charge in [-0.1, -0.05) is 66.0 Å². The van der Waals surface area contributed by atoms with Gasteiger partial charge in [-0.2, -0.15) is 0 Å². The summed E-state index contributed by atoms with van der Waals surface area (Å²) in [7, 11) is 0. The summed E-state index contributed by atoms with van der Waals surface area (Å²) in [6, 6.07) is 0. The first-order valence-electron chi connectivity index (χ1n) is 13.0.